The lowest BCUT2D eigenvalue weighted by molar-refractivity contribution is 0.793. The van der Waals surface area contributed by atoms with Crippen molar-refractivity contribution in [2.75, 3.05) is 6.26 Å². The molecular formula is C11H13NS. The van der Waals surface area contributed by atoms with E-state index in [-0.39, 0.29) is 0 Å². The predicted octanol–water partition coefficient (Wildman–Crippen LogP) is 2.89. The number of hydrogen-bond acceptors (Lipinski definition) is 2. The fourth-order valence-electron chi connectivity index (χ4n) is 0.798. The fourth-order valence-corrected chi connectivity index (χ4v) is 0.798. The van der Waals surface area contributed by atoms with E-state index in [4.69, 9.17) is 5.26 Å². The molecule has 0 radical (unpaired) electrons. The van der Waals surface area contributed by atoms with E-state index in [2.05, 4.69) is 37.9 Å². The van der Waals surface area contributed by atoms with E-state index in [1.807, 2.05) is 12.1 Å². The van der Waals surface area contributed by atoms with Gasteiger partial charge in [0.1, 0.15) is 11.6 Å². The van der Waals surface area contributed by atoms with Gasteiger partial charge in [0.2, 0.25) is 0 Å². The number of thiol groups is 1. The minimum Gasteiger partial charge on any atom is -0.192 e. The zero-order valence-electron chi connectivity index (χ0n) is 8.13. The van der Waals surface area contributed by atoms with Crippen LogP contribution in [0.15, 0.2) is 34.8 Å². The van der Waals surface area contributed by atoms with Crippen LogP contribution in [-0.2, 0) is 0 Å². The number of nitriles is 1. The second kappa shape index (κ2) is 6.40. The summed E-state index contributed by atoms with van der Waals surface area (Å²) in [6.07, 6.45) is 5.38. The first-order chi connectivity index (χ1) is 6.24. The standard InChI is InChI=1S/C10H9N.CH4S/c1-8(2)10-5-3-9(7-11)4-6-10;1-2/h3,5,8H,1-2H3;2H,1H3. The van der Waals surface area contributed by atoms with E-state index in [9.17, 15) is 0 Å². The van der Waals surface area contributed by atoms with Crippen molar-refractivity contribution in [2.45, 2.75) is 13.8 Å². The van der Waals surface area contributed by atoms with Crippen molar-refractivity contribution in [3.8, 4) is 6.07 Å². The predicted molar refractivity (Wildman–Crippen MR) is 58.6 cm³/mol. The van der Waals surface area contributed by atoms with E-state index in [1.165, 1.54) is 0 Å². The molecule has 13 heavy (non-hydrogen) atoms. The molecular weight excluding hydrogens is 178 g/mol. The molecule has 0 unspecified atom stereocenters. The Morgan fingerprint density at radius 2 is 1.92 bits per heavy atom. The van der Waals surface area contributed by atoms with Gasteiger partial charge in [0.05, 0.1) is 0 Å². The summed E-state index contributed by atoms with van der Waals surface area (Å²) >= 11 is 3.53. The first-order valence-electron chi connectivity index (χ1n) is 4.02. The Kier molecular flexibility index (Phi) is 5.85. The highest BCUT2D eigenvalue weighted by molar-refractivity contribution is 7.79. The van der Waals surface area contributed by atoms with Crippen LogP contribution in [0.2, 0.25) is 0 Å². The molecule has 0 aromatic carbocycles. The van der Waals surface area contributed by atoms with Crippen LogP contribution in [-0.4, -0.2) is 6.26 Å². The van der Waals surface area contributed by atoms with Crippen molar-refractivity contribution in [1.29, 1.82) is 5.26 Å². The minimum absolute atomic E-state index is 0.457. The number of allylic oxidation sites excluding steroid dienone is 4. The molecule has 1 rings (SSSR count). The molecule has 0 heterocycles. The first-order valence-corrected chi connectivity index (χ1v) is 4.92. The van der Waals surface area contributed by atoms with Gasteiger partial charge in [-0.3, -0.25) is 0 Å². The van der Waals surface area contributed by atoms with Gasteiger partial charge in [-0.15, -0.1) is 0 Å². The molecule has 0 atom stereocenters. The van der Waals surface area contributed by atoms with Crippen LogP contribution >= 0.6 is 12.6 Å². The lowest BCUT2D eigenvalue weighted by atomic mass is 10.0. The summed E-state index contributed by atoms with van der Waals surface area (Å²) in [5, 5.41) is 8.47. The molecule has 68 valence electrons. The maximum atomic E-state index is 8.47. The second-order valence-electron chi connectivity index (χ2n) is 2.72. The van der Waals surface area contributed by atoms with Gasteiger partial charge in [-0.1, -0.05) is 25.3 Å². The van der Waals surface area contributed by atoms with E-state index in [1.54, 1.807) is 12.3 Å². The number of nitrogens with zero attached hydrogens (tertiary/aromatic N) is 1. The third-order valence-corrected chi connectivity index (χ3v) is 1.51. The summed E-state index contributed by atoms with van der Waals surface area (Å²) in [6, 6.07) is 2.01. The third kappa shape index (κ3) is 3.87. The Morgan fingerprint density at radius 1 is 1.31 bits per heavy atom. The molecule has 1 nitrogen and oxygen atoms in total. The molecule has 1 aliphatic carbocycles. The molecule has 0 saturated heterocycles. The molecule has 0 fully saturated rings. The summed E-state index contributed by atoms with van der Waals surface area (Å²) in [4.78, 5) is 0. The van der Waals surface area contributed by atoms with Crippen molar-refractivity contribution in [3.05, 3.63) is 34.8 Å². The van der Waals surface area contributed by atoms with Crippen LogP contribution in [0.3, 0.4) is 0 Å². The molecule has 0 spiro atoms. The highest BCUT2D eigenvalue weighted by atomic mass is 32.1. The van der Waals surface area contributed by atoms with Gasteiger partial charge in [-0.25, -0.2) is 0 Å². The Balaban J connectivity index is 0.000000671. The number of rotatable bonds is 1. The first kappa shape index (κ1) is 11.9. The normalized spacial score (nSPS) is 12.6. The summed E-state index contributed by atoms with van der Waals surface area (Å²) < 4.78 is 0. The Hall–Kier alpha value is -1.12. The van der Waals surface area contributed by atoms with Crippen molar-refractivity contribution in [1.82, 2.24) is 0 Å². The van der Waals surface area contributed by atoms with Gasteiger partial charge in [0.25, 0.3) is 0 Å². The SMILES string of the molecule is CC(C)C1=C=C=C(C#N)C=C1.CS. The molecule has 2 heteroatoms. The third-order valence-electron chi connectivity index (χ3n) is 1.51. The van der Waals surface area contributed by atoms with Crippen LogP contribution < -0.4 is 0 Å². The Morgan fingerprint density at radius 3 is 2.23 bits per heavy atom. The fraction of sp³-hybridized carbons (Fsp3) is 0.364. The topological polar surface area (TPSA) is 23.8 Å². The van der Waals surface area contributed by atoms with Crippen LogP contribution in [0.25, 0.3) is 0 Å². The van der Waals surface area contributed by atoms with Crippen molar-refractivity contribution >= 4 is 12.6 Å². The van der Waals surface area contributed by atoms with Gasteiger partial charge < -0.3 is 0 Å². The van der Waals surface area contributed by atoms with E-state index in [0.29, 0.717) is 11.5 Å². The van der Waals surface area contributed by atoms with Crippen molar-refractivity contribution in [2.24, 2.45) is 5.92 Å². The smallest absolute Gasteiger partial charge is 0.108 e. The summed E-state index contributed by atoms with van der Waals surface area (Å²) in [7, 11) is 0. The van der Waals surface area contributed by atoms with E-state index >= 15 is 0 Å². The molecule has 0 aromatic heterocycles. The van der Waals surface area contributed by atoms with Crippen molar-refractivity contribution in [3.63, 3.8) is 0 Å². The van der Waals surface area contributed by atoms with E-state index in [0.717, 1.165) is 5.57 Å². The molecule has 0 bridgehead atoms. The lowest BCUT2D eigenvalue weighted by Crippen LogP contribution is -1.89. The van der Waals surface area contributed by atoms with Crippen LogP contribution in [0.5, 0.6) is 0 Å². The van der Waals surface area contributed by atoms with Crippen molar-refractivity contribution < 1.29 is 0 Å². The highest BCUT2D eigenvalue weighted by Crippen LogP contribution is 2.12. The van der Waals surface area contributed by atoms with Gasteiger partial charge in [-0.2, -0.15) is 17.9 Å². The molecule has 0 amide bonds. The number of hydrogen-bond donors (Lipinski definition) is 1. The monoisotopic (exact) mass is 191 g/mol. The van der Waals surface area contributed by atoms with E-state index < -0.39 is 0 Å². The van der Waals surface area contributed by atoms with Crippen LogP contribution in [0.4, 0.5) is 0 Å². The Labute approximate surface area is 85.2 Å². The van der Waals surface area contributed by atoms with Gasteiger partial charge in [-0.05, 0) is 24.3 Å². The second-order valence-corrected chi connectivity index (χ2v) is 2.72. The summed E-state index contributed by atoms with van der Waals surface area (Å²) in [5.41, 5.74) is 7.37. The molecule has 0 aromatic rings. The van der Waals surface area contributed by atoms with Crippen LogP contribution in [0, 0.1) is 17.2 Å². The van der Waals surface area contributed by atoms with Gasteiger partial charge >= 0.3 is 0 Å². The highest BCUT2D eigenvalue weighted by Gasteiger charge is 2.00. The molecule has 0 saturated carbocycles. The Bertz CT molecular complexity index is 330. The van der Waals surface area contributed by atoms with Gasteiger partial charge in [0, 0.05) is 5.57 Å². The zero-order valence-corrected chi connectivity index (χ0v) is 9.02. The maximum absolute atomic E-state index is 8.47. The summed E-state index contributed by atoms with van der Waals surface area (Å²) in [6.45, 7) is 4.18. The average Bonchev–Trinajstić information content (AvgIpc) is 2.21. The molecule has 0 aliphatic heterocycles. The zero-order chi connectivity index (χ0) is 10.3. The maximum Gasteiger partial charge on any atom is 0.108 e. The quantitative estimate of drug-likeness (QED) is 0.500. The van der Waals surface area contributed by atoms with Gasteiger partial charge in [0.15, 0.2) is 0 Å². The van der Waals surface area contributed by atoms with Crippen LogP contribution in [0.1, 0.15) is 13.8 Å². The lowest BCUT2D eigenvalue weighted by Gasteiger charge is -2.02. The average molecular weight is 191 g/mol. The molecule has 1 aliphatic rings. The minimum atomic E-state index is 0.457. The molecule has 0 N–H and O–H groups in total. The summed E-state index contributed by atoms with van der Waals surface area (Å²) in [5.74, 6) is 0.457. The largest absolute Gasteiger partial charge is 0.192 e.